The molecule has 0 bridgehead atoms. The van der Waals surface area contributed by atoms with Crippen LogP contribution < -0.4 is 10.5 Å². The van der Waals surface area contributed by atoms with Crippen LogP contribution in [0, 0.1) is 5.82 Å². The van der Waals surface area contributed by atoms with Gasteiger partial charge in [0.05, 0.1) is 24.7 Å². The zero-order valence-corrected chi connectivity index (χ0v) is 10.4. The van der Waals surface area contributed by atoms with Gasteiger partial charge in [-0.05, 0) is 18.2 Å². The zero-order chi connectivity index (χ0) is 13.6. The minimum absolute atomic E-state index is 0.0265. The number of nitrogens with two attached hydrogens (primary N) is 1. The first-order valence-electron chi connectivity index (χ1n) is 5.20. The molecule has 8 heteroatoms. The molecule has 0 radical (unpaired) electrons. The van der Waals surface area contributed by atoms with Crippen molar-refractivity contribution in [1.82, 2.24) is 4.72 Å². The van der Waals surface area contributed by atoms with E-state index in [9.17, 15) is 12.8 Å². The largest absolute Gasteiger partial charge is 0.399 e. The van der Waals surface area contributed by atoms with Gasteiger partial charge < -0.3 is 15.6 Å². The Hall–Kier alpha value is -1.22. The van der Waals surface area contributed by atoms with Crippen LogP contribution >= 0.6 is 0 Å². The van der Waals surface area contributed by atoms with Crippen molar-refractivity contribution in [3.63, 3.8) is 0 Å². The number of halogens is 1. The summed E-state index contributed by atoms with van der Waals surface area (Å²) in [5.41, 5.74) is 5.40. The molecule has 6 nitrogen and oxygen atoms in total. The first-order chi connectivity index (χ1) is 8.45. The highest BCUT2D eigenvalue weighted by Crippen LogP contribution is 2.15. The van der Waals surface area contributed by atoms with Gasteiger partial charge in [-0.3, -0.25) is 0 Å². The summed E-state index contributed by atoms with van der Waals surface area (Å²) in [7, 11) is -3.80. The average Bonchev–Trinajstić information content (AvgIpc) is 2.27. The Morgan fingerprint density at radius 2 is 2.06 bits per heavy atom. The third-order valence-corrected chi connectivity index (χ3v) is 3.42. The number of hydrogen-bond donors (Lipinski definition) is 3. The second-order valence-electron chi connectivity index (χ2n) is 3.45. The highest BCUT2D eigenvalue weighted by atomic mass is 32.2. The highest BCUT2D eigenvalue weighted by molar-refractivity contribution is 7.89. The average molecular weight is 278 g/mol. The maximum absolute atomic E-state index is 13.0. The SMILES string of the molecule is Nc1cc(F)cc(S(=O)(=O)NCCOCCO)c1. The van der Waals surface area contributed by atoms with Gasteiger partial charge in [-0.2, -0.15) is 0 Å². The number of nitrogens with one attached hydrogen (secondary N) is 1. The van der Waals surface area contributed by atoms with Crippen LogP contribution in [-0.4, -0.2) is 39.9 Å². The van der Waals surface area contributed by atoms with Crippen molar-refractivity contribution in [2.75, 3.05) is 32.1 Å². The lowest BCUT2D eigenvalue weighted by Gasteiger charge is -2.07. The minimum atomic E-state index is -3.80. The summed E-state index contributed by atoms with van der Waals surface area (Å²) in [6.45, 7) is 0.144. The summed E-state index contributed by atoms with van der Waals surface area (Å²) in [6, 6.07) is 3.08. The molecule has 0 aliphatic rings. The van der Waals surface area contributed by atoms with E-state index in [0.717, 1.165) is 12.1 Å². The number of ether oxygens (including phenoxy) is 1. The van der Waals surface area contributed by atoms with E-state index < -0.39 is 15.8 Å². The van der Waals surface area contributed by atoms with Crippen LogP contribution in [0.2, 0.25) is 0 Å². The maximum Gasteiger partial charge on any atom is 0.240 e. The summed E-state index contributed by atoms with van der Waals surface area (Å²) in [6.07, 6.45) is 0. The molecule has 0 aliphatic carbocycles. The molecular weight excluding hydrogens is 263 g/mol. The molecule has 0 amide bonds. The topological polar surface area (TPSA) is 102 Å². The fraction of sp³-hybridized carbons (Fsp3) is 0.400. The van der Waals surface area contributed by atoms with E-state index in [4.69, 9.17) is 15.6 Å². The van der Waals surface area contributed by atoms with Gasteiger partial charge >= 0.3 is 0 Å². The Bertz CT molecular complexity index is 472. The first-order valence-corrected chi connectivity index (χ1v) is 6.68. The molecule has 0 spiro atoms. The van der Waals surface area contributed by atoms with Crippen LogP contribution in [-0.2, 0) is 14.8 Å². The number of aliphatic hydroxyl groups is 1. The quantitative estimate of drug-likeness (QED) is 0.469. The van der Waals surface area contributed by atoms with Crippen LogP contribution in [0.1, 0.15) is 0 Å². The van der Waals surface area contributed by atoms with Crippen LogP contribution in [0.5, 0.6) is 0 Å². The van der Waals surface area contributed by atoms with Gasteiger partial charge in [0.25, 0.3) is 0 Å². The van der Waals surface area contributed by atoms with Gasteiger partial charge in [0, 0.05) is 12.2 Å². The molecule has 0 saturated heterocycles. The Labute approximate surface area is 105 Å². The third-order valence-electron chi connectivity index (χ3n) is 1.98. The number of rotatable bonds is 7. The van der Waals surface area contributed by atoms with E-state index >= 15 is 0 Å². The summed E-state index contributed by atoms with van der Waals surface area (Å²) < 4.78 is 43.6. The Morgan fingerprint density at radius 3 is 2.67 bits per heavy atom. The summed E-state index contributed by atoms with van der Waals surface area (Å²) in [4.78, 5) is -0.234. The van der Waals surface area contributed by atoms with Gasteiger partial charge in [0.1, 0.15) is 5.82 Å². The number of aliphatic hydroxyl groups excluding tert-OH is 1. The molecule has 0 atom stereocenters. The van der Waals surface area contributed by atoms with Crippen LogP contribution in [0.15, 0.2) is 23.1 Å². The lowest BCUT2D eigenvalue weighted by molar-refractivity contribution is 0.0961. The van der Waals surface area contributed by atoms with Crippen LogP contribution in [0.25, 0.3) is 0 Å². The normalized spacial score (nSPS) is 11.7. The Kier molecular flexibility index (Phi) is 5.48. The van der Waals surface area contributed by atoms with Gasteiger partial charge in [-0.15, -0.1) is 0 Å². The maximum atomic E-state index is 13.0. The molecular formula is C10H15FN2O4S. The highest BCUT2D eigenvalue weighted by Gasteiger charge is 2.14. The molecule has 0 unspecified atom stereocenters. The molecule has 0 aliphatic heterocycles. The van der Waals surface area contributed by atoms with Crippen molar-refractivity contribution in [2.24, 2.45) is 0 Å². The van der Waals surface area contributed by atoms with E-state index in [2.05, 4.69) is 4.72 Å². The van der Waals surface area contributed by atoms with Gasteiger partial charge in [0.15, 0.2) is 0 Å². The predicted octanol–water partition coefficient (Wildman–Crippen LogP) is -0.305. The van der Waals surface area contributed by atoms with E-state index in [0.29, 0.717) is 0 Å². The number of benzene rings is 1. The van der Waals surface area contributed by atoms with Crippen molar-refractivity contribution < 1.29 is 22.7 Å². The summed E-state index contributed by atoms with van der Waals surface area (Å²) in [5, 5.41) is 8.45. The first kappa shape index (κ1) is 14.8. The lowest BCUT2D eigenvalue weighted by atomic mass is 10.3. The molecule has 0 heterocycles. The van der Waals surface area contributed by atoms with E-state index in [1.807, 2.05) is 0 Å². The Morgan fingerprint density at radius 1 is 1.33 bits per heavy atom. The molecule has 0 fully saturated rings. The van der Waals surface area contributed by atoms with Crippen LogP contribution in [0.4, 0.5) is 10.1 Å². The van der Waals surface area contributed by atoms with E-state index in [-0.39, 0.29) is 36.9 Å². The van der Waals surface area contributed by atoms with Crippen LogP contribution in [0.3, 0.4) is 0 Å². The van der Waals surface area contributed by atoms with E-state index in [1.54, 1.807) is 0 Å². The monoisotopic (exact) mass is 278 g/mol. The number of hydrogen-bond acceptors (Lipinski definition) is 5. The summed E-state index contributed by atoms with van der Waals surface area (Å²) in [5.74, 6) is -0.716. The van der Waals surface area contributed by atoms with E-state index in [1.165, 1.54) is 6.07 Å². The Balaban J connectivity index is 2.63. The second kappa shape index (κ2) is 6.64. The number of nitrogen functional groups attached to an aromatic ring is 1. The van der Waals surface area contributed by atoms with Gasteiger partial charge in [-0.25, -0.2) is 17.5 Å². The molecule has 1 rings (SSSR count). The van der Waals surface area contributed by atoms with Crippen molar-refractivity contribution in [2.45, 2.75) is 4.90 Å². The standard InChI is InChI=1S/C10H15FN2O4S/c11-8-5-9(12)7-10(6-8)18(15,16)13-1-3-17-4-2-14/h5-7,13-14H,1-4,12H2. The van der Waals surface area contributed by atoms with Gasteiger partial charge in [0.2, 0.25) is 10.0 Å². The molecule has 1 aromatic rings. The van der Waals surface area contributed by atoms with Crippen molar-refractivity contribution in [1.29, 1.82) is 0 Å². The minimum Gasteiger partial charge on any atom is -0.399 e. The van der Waals surface area contributed by atoms with Crippen molar-refractivity contribution in [3.8, 4) is 0 Å². The van der Waals surface area contributed by atoms with Crippen molar-refractivity contribution in [3.05, 3.63) is 24.0 Å². The second-order valence-corrected chi connectivity index (χ2v) is 5.22. The smallest absolute Gasteiger partial charge is 0.240 e. The fourth-order valence-corrected chi connectivity index (χ4v) is 2.32. The van der Waals surface area contributed by atoms with Crippen molar-refractivity contribution >= 4 is 15.7 Å². The predicted molar refractivity (Wildman–Crippen MR) is 63.9 cm³/mol. The van der Waals surface area contributed by atoms with Gasteiger partial charge in [-0.1, -0.05) is 0 Å². The molecule has 102 valence electrons. The summed E-state index contributed by atoms with van der Waals surface area (Å²) >= 11 is 0. The fourth-order valence-electron chi connectivity index (χ4n) is 1.24. The molecule has 0 aromatic heterocycles. The molecule has 0 saturated carbocycles. The zero-order valence-electron chi connectivity index (χ0n) is 9.60. The number of anilines is 1. The third kappa shape index (κ3) is 4.57. The molecule has 1 aromatic carbocycles. The molecule has 4 N–H and O–H groups in total. The number of sulfonamides is 1. The lowest BCUT2D eigenvalue weighted by Crippen LogP contribution is -2.28. The molecule has 18 heavy (non-hydrogen) atoms.